The van der Waals surface area contributed by atoms with Crippen molar-refractivity contribution in [2.24, 2.45) is 12.8 Å². The average molecular weight is 233 g/mol. The van der Waals surface area contributed by atoms with E-state index in [1.165, 1.54) is 0 Å². The Morgan fingerprint density at radius 3 is 2.88 bits per heavy atom. The predicted molar refractivity (Wildman–Crippen MR) is 69.2 cm³/mol. The molecule has 92 valence electrons. The normalized spacial score (nSPS) is 12.9. The Balaban J connectivity index is 2.41. The second kappa shape index (κ2) is 4.75. The van der Waals surface area contributed by atoms with Crippen LogP contribution >= 0.6 is 0 Å². The SMILES string of the molecule is CCC(N)Cc1nc2cc(OC)ccc2n1C. The number of fused-ring (bicyclic) bond motifs is 1. The summed E-state index contributed by atoms with van der Waals surface area (Å²) in [7, 11) is 3.69. The highest BCUT2D eigenvalue weighted by atomic mass is 16.5. The third-order valence-corrected chi connectivity index (χ3v) is 3.15. The second-order valence-electron chi connectivity index (χ2n) is 4.31. The fourth-order valence-electron chi connectivity index (χ4n) is 1.92. The number of ether oxygens (including phenoxy) is 1. The van der Waals surface area contributed by atoms with Crippen LogP contribution < -0.4 is 10.5 Å². The van der Waals surface area contributed by atoms with Gasteiger partial charge in [-0.15, -0.1) is 0 Å². The summed E-state index contributed by atoms with van der Waals surface area (Å²) in [5.74, 6) is 1.87. The summed E-state index contributed by atoms with van der Waals surface area (Å²) in [5, 5.41) is 0. The van der Waals surface area contributed by atoms with Crippen molar-refractivity contribution in [3.8, 4) is 5.75 Å². The Kier molecular flexibility index (Phi) is 3.33. The molecule has 0 amide bonds. The molecule has 0 saturated carbocycles. The van der Waals surface area contributed by atoms with Crippen molar-refractivity contribution in [3.05, 3.63) is 24.0 Å². The van der Waals surface area contributed by atoms with E-state index in [1.807, 2.05) is 25.2 Å². The maximum Gasteiger partial charge on any atom is 0.121 e. The van der Waals surface area contributed by atoms with Gasteiger partial charge in [-0.3, -0.25) is 0 Å². The van der Waals surface area contributed by atoms with Crippen molar-refractivity contribution in [2.45, 2.75) is 25.8 Å². The summed E-state index contributed by atoms with van der Waals surface area (Å²) in [6, 6.07) is 6.11. The first-order valence-electron chi connectivity index (χ1n) is 5.90. The van der Waals surface area contributed by atoms with Gasteiger partial charge in [-0.05, 0) is 18.6 Å². The first-order chi connectivity index (χ1) is 8.15. The highest BCUT2D eigenvalue weighted by Crippen LogP contribution is 2.21. The smallest absolute Gasteiger partial charge is 0.121 e. The number of benzene rings is 1. The third kappa shape index (κ3) is 2.26. The number of aryl methyl sites for hydroxylation is 1. The molecule has 0 bridgehead atoms. The number of hydrogen-bond donors (Lipinski definition) is 1. The molecule has 17 heavy (non-hydrogen) atoms. The van der Waals surface area contributed by atoms with E-state index in [-0.39, 0.29) is 6.04 Å². The number of imidazole rings is 1. The fourth-order valence-corrected chi connectivity index (χ4v) is 1.92. The summed E-state index contributed by atoms with van der Waals surface area (Å²) >= 11 is 0. The lowest BCUT2D eigenvalue weighted by Gasteiger charge is -2.07. The number of rotatable bonds is 4. The van der Waals surface area contributed by atoms with Gasteiger partial charge in [0, 0.05) is 25.6 Å². The predicted octanol–water partition coefficient (Wildman–Crippen LogP) is 1.86. The molecule has 1 aromatic carbocycles. The Bertz CT molecular complexity index is 519. The van der Waals surface area contributed by atoms with Gasteiger partial charge in [-0.2, -0.15) is 0 Å². The van der Waals surface area contributed by atoms with Gasteiger partial charge < -0.3 is 15.0 Å². The first-order valence-corrected chi connectivity index (χ1v) is 5.90. The molecule has 1 atom stereocenters. The third-order valence-electron chi connectivity index (χ3n) is 3.15. The van der Waals surface area contributed by atoms with Crippen LogP contribution in [-0.2, 0) is 13.5 Å². The molecule has 0 spiro atoms. The van der Waals surface area contributed by atoms with E-state index >= 15 is 0 Å². The van der Waals surface area contributed by atoms with Gasteiger partial charge in [-0.25, -0.2) is 4.98 Å². The van der Waals surface area contributed by atoms with Crippen LogP contribution in [0.15, 0.2) is 18.2 Å². The maximum absolute atomic E-state index is 5.97. The van der Waals surface area contributed by atoms with Crippen LogP contribution in [0.4, 0.5) is 0 Å². The number of methoxy groups -OCH3 is 1. The fraction of sp³-hybridized carbons (Fsp3) is 0.462. The minimum Gasteiger partial charge on any atom is -0.497 e. The second-order valence-corrected chi connectivity index (χ2v) is 4.31. The molecular weight excluding hydrogens is 214 g/mol. The van der Waals surface area contributed by atoms with Crippen molar-refractivity contribution in [1.82, 2.24) is 9.55 Å². The van der Waals surface area contributed by atoms with E-state index < -0.39 is 0 Å². The molecule has 2 N–H and O–H groups in total. The molecule has 2 rings (SSSR count). The van der Waals surface area contributed by atoms with E-state index in [1.54, 1.807) is 7.11 Å². The molecule has 4 heteroatoms. The molecule has 0 aliphatic rings. The van der Waals surface area contributed by atoms with Crippen LogP contribution in [0.25, 0.3) is 11.0 Å². The van der Waals surface area contributed by atoms with Gasteiger partial charge in [0.05, 0.1) is 18.1 Å². The number of hydrogen-bond acceptors (Lipinski definition) is 3. The van der Waals surface area contributed by atoms with Crippen LogP contribution in [0.2, 0.25) is 0 Å². The highest BCUT2D eigenvalue weighted by Gasteiger charge is 2.11. The largest absolute Gasteiger partial charge is 0.497 e. The molecule has 0 aliphatic heterocycles. The standard InChI is InChI=1S/C13H19N3O/c1-4-9(14)7-13-15-11-8-10(17-3)5-6-12(11)16(13)2/h5-6,8-9H,4,7,14H2,1-3H3. The van der Waals surface area contributed by atoms with Crippen LogP contribution in [-0.4, -0.2) is 22.7 Å². The van der Waals surface area contributed by atoms with Crippen molar-refractivity contribution in [2.75, 3.05) is 7.11 Å². The minimum absolute atomic E-state index is 0.174. The van der Waals surface area contributed by atoms with E-state index in [2.05, 4.69) is 16.5 Å². The van der Waals surface area contributed by atoms with E-state index in [4.69, 9.17) is 10.5 Å². The summed E-state index contributed by atoms with van der Waals surface area (Å²) in [5.41, 5.74) is 8.05. The van der Waals surface area contributed by atoms with Gasteiger partial charge in [-0.1, -0.05) is 6.92 Å². The minimum atomic E-state index is 0.174. The monoisotopic (exact) mass is 233 g/mol. The lowest BCUT2D eigenvalue weighted by Crippen LogP contribution is -2.23. The number of nitrogens with zero attached hydrogens (tertiary/aromatic N) is 2. The summed E-state index contributed by atoms with van der Waals surface area (Å²) in [6.45, 7) is 2.09. The van der Waals surface area contributed by atoms with Crippen LogP contribution in [0, 0.1) is 0 Å². The van der Waals surface area contributed by atoms with Gasteiger partial charge in [0.25, 0.3) is 0 Å². The quantitative estimate of drug-likeness (QED) is 0.877. The highest BCUT2D eigenvalue weighted by molar-refractivity contribution is 5.77. The molecular formula is C13H19N3O. The molecule has 0 aliphatic carbocycles. The van der Waals surface area contributed by atoms with Gasteiger partial charge in [0.1, 0.15) is 11.6 Å². The maximum atomic E-state index is 5.97. The topological polar surface area (TPSA) is 53.1 Å². The van der Waals surface area contributed by atoms with Crippen molar-refractivity contribution < 1.29 is 4.74 Å². The van der Waals surface area contributed by atoms with Crippen molar-refractivity contribution in [1.29, 1.82) is 0 Å². The molecule has 0 radical (unpaired) electrons. The Morgan fingerprint density at radius 2 is 2.24 bits per heavy atom. The van der Waals surface area contributed by atoms with E-state index in [0.29, 0.717) is 0 Å². The molecule has 1 aromatic heterocycles. The average Bonchev–Trinajstić information content (AvgIpc) is 2.65. The zero-order chi connectivity index (χ0) is 12.4. The lowest BCUT2D eigenvalue weighted by molar-refractivity contribution is 0.415. The van der Waals surface area contributed by atoms with Gasteiger partial charge in [0.2, 0.25) is 0 Å². The summed E-state index contributed by atoms with van der Waals surface area (Å²) in [6.07, 6.45) is 1.77. The molecule has 2 aromatic rings. The summed E-state index contributed by atoms with van der Waals surface area (Å²) in [4.78, 5) is 4.61. The zero-order valence-corrected chi connectivity index (χ0v) is 10.6. The van der Waals surface area contributed by atoms with Gasteiger partial charge in [0.15, 0.2) is 0 Å². The molecule has 1 heterocycles. The summed E-state index contributed by atoms with van der Waals surface area (Å²) < 4.78 is 7.30. The Hall–Kier alpha value is -1.55. The van der Waals surface area contributed by atoms with Crippen molar-refractivity contribution >= 4 is 11.0 Å². The molecule has 4 nitrogen and oxygen atoms in total. The van der Waals surface area contributed by atoms with E-state index in [0.717, 1.165) is 35.4 Å². The Morgan fingerprint density at radius 1 is 1.47 bits per heavy atom. The van der Waals surface area contributed by atoms with E-state index in [9.17, 15) is 0 Å². The van der Waals surface area contributed by atoms with Crippen molar-refractivity contribution in [3.63, 3.8) is 0 Å². The molecule has 1 unspecified atom stereocenters. The van der Waals surface area contributed by atoms with Gasteiger partial charge >= 0.3 is 0 Å². The first kappa shape index (κ1) is 11.9. The van der Waals surface area contributed by atoms with Crippen LogP contribution in [0.1, 0.15) is 19.2 Å². The lowest BCUT2D eigenvalue weighted by atomic mass is 10.1. The number of nitrogens with two attached hydrogens (primary N) is 1. The van der Waals surface area contributed by atoms with Crippen LogP contribution in [0.5, 0.6) is 5.75 Å². The van der Waals surface area contributed by atoms with Crippen LogP contribution in [0.3, 0.4) is 0 Å². The Labute approximate surface area is 101 Å². The molecule has 0 fully saturated rings. The number of aromatic nitrogens is 2. The zero-order valence-electron chi connectivity index (χ0n) is 10.6. The molecule has 0 saturated heterocycles.